The maximum atomic E-state index is 14.0. The molecule has 172 valence electrons. The molecule has 5 rings (SSSR count). The number of hydrogen-bond acceptors (Lipinski definition) is 4. The maximum absolute atomic E-state index is 14.0. The highest BCUT2D eigenvalue weighted by molar-refractivity contribution is 6.09. The van der Waals surface area contributed by atoms with Crippen molar-refractivity contribution in [2.24, 2.45) is 10.7 Å². The van der Waals surface area contributed by atoms with Crippen LogP contribution in [0.1, 0.15) is 34.0 Å². The van der Waals surface area contributed by atoms with Gasteiger partial charge in [-0.25, -0.2) is 4.99 Å². The zero-order valence-electron chi connectivity index (χ0n) is 19.4. The van der Waals surface area contributed by atoms with Gasteiger partial charge in [-0.15, -0.1) is 0 Å². The normalized spacial score (nSPS) is 14.6. The summed E-state index contributed by atoms with van der Waals surface area (Å²) in [6, 6.07) is 34.6. The summed E-state index contributed by atoms with van der Waals surface area (Å²) in [6.45, 7) is 1.86. The molecule has 0 unspecified atom stereocenters. The van der Waals surface area contributed by atoms with E-state index in [9.17, 15) is 9.59 Å². The lowest BCUT2D eigenvalue weighted by molar-refractivity contribution is -0.130. The molecule has 1 aliphatic rings. The van der Waals surface area contributed by atoms with Gasteiger partial charge in [0.05, 0.1) is 6.54 Å². The van der Waals surface area contributed by atoms with E-state index in [1.807, 2.05) is 109 Å². The third-order valence-electron chi connectivity index (χ3n) is 6.39. The number of nitrogens with zero attached hydrogens (tertiary/aromatic N) is 2. The summed E-state index contributed by atoms with van der Waals surface area (Å²) in [7, 11) is 0. The first-order valence-corrected chi connectivity index (χ1v) is 11.5. The minimum Gasteiger partial charge on any atom is -0.369 e. The minimum atomic E-state index is -1.22. The van der Waals surface area contributed by atoms with Gasteiger partial charge >= 0.3 is 0 Å². The smallest absolute Gasteiger partial charge is 0.266 e. The Morgan fingerprint density at radius 3 is 1.97 bits per heavy atom. The number of benzene rings is 4. The summed E-state index contributed by atoms with van der Waals surface area (Å²) in [6.07, 6.45) is 0. The highest BCUT2D eigenvalue weighted by Crippen LogP contribution is 2.40. The Bertz CT molecular complexity index is 1370. The number of guanidine groups is 1. The second kappa shape index (κ2) is 9.03. The molecule has 0 saturated heterocycles. The molecular formula is C30H25N3O2. The molecule has 0 saturated carbocycles. The predicted molar refractivity (Wildman–Crippen MR) is 138 cm³/mol. The number of hydrogen-bond donors (Lipinski definition) is 1. The van der Waals surface area contributed by atoms with Gasteiger partial charge in [-0.2, -0.15) is 0 Å². The van der Waals surface area contributed by atoms with E-state index in [4.69, 9.17) is 10.7 Å². The Labute approximate surface area is 204 Å². The molecule has 1 amide bonds. The summed E-state index contributed by atoms with van der Waals surface area (Å²) in [4.78, 5) is 31.9. The SMILES string of the molecule is CC(=O)c1ccc(-c2cccc(CN3C(=O)C(c4ccccc4)(c4ccccc4)N=C3N)c2)cc1. The van der Waals surface area contributed by atoms with E-state index < -0.39 is 5.54 Å². The number of carbonyl (C=O) groups is 2. The van der Waals surface area contributed by atoms with Crippen molar-refractivity contribution in [2.45, 2.75) is 19.0 Å². The highest BCUT2D eigenvalue weighted by atomic mass is 16.2. The van der Waals surface area contributed by atoms with Gasteiger partial charge in [0.25, 0.3) is 5.91 Å². The number of amides is 1. The molecule has 0 aliphatic carbocycles. The monoisotopic (exact) mass is 459 g/mol. The first kappa shape index (κ1) is 22.3. The number of rotatable bonds is 6. The Hall–Kier alpha value is -4.51. The Morgan fingerprint density at radius 2 is 1.40 bits per heavy atom. The zero-order valence-corrected chi connectivity index (χ0v) is 19.4. The summed E-state index contributed by atoms with van der Waals surface area (Å²) in [5, 5.41) is 0. The fourth-order valence-corrected chi connectivity index (χ4v) is 4.56. The number of nitrogens with two attached hydrogens (primary N) is 1. The third-order valence-corrected chi connectivity index (χ3v) is 6.39. The van der Waals surface area contributed by atoms with Crippen molar-refractivity contribution in [3.63, 3.8) is 0 Å². The molecule has 5 heteroatoms. The molecule has 0 radical (unpaired) electrons. The van der Waals surface area contributed by atoms with Gasteiger partial charge in [-0.05, 0) is 40.8 Å². The molecule has 0 atom stereocenters. The van der Waals surface area contributed by atoms with Crippen molar-refractivity contribution >= 4 is 17.6 Å². The largest absolute Gasteiger partial charge is 0.369 e. The van der Waals surface area contributed by atoms with Crippen molar-refractivity contribution < 1.29 is 9.59 Å². The van der Waals surface area contributed by atoms with E-state index in [2.05, 4.69) is 0 Å². The molecule has 4 aromatic carbocycles. The number of Topliss-reactive ketones (excluding diaryl/α,β-unsaturated/α-hetero) is 1. The van der Waals surface area contributed by atoms with E-state index in [0.29, 0.717) is 12.1 Å². The quantitative estimate of drug-likeness (QED) is 0.405. The Kier molecular flexibility index (Phi) is 5.75. The van der Waals surface area contributed by atoms with E-state index in [1.54, 1.807) is 11.8 Å². The van der Waals surface area contributed by atoms with Gasteiger partial charge in [-0.3, -0.25) is 14.5 Å². The van der Waals surface area contributed by atoms with Gasteiger partial charge < -0.3 is 5.73 Å². The van der Waals surface area contributed by atoms with Gasteiger partial charge in [0.15, 0.2) is 17.3 Å². The first-order chi connectivity index (χ1) is 17.0. The first-order valence-electron chi connectivity index (χ1n) is 11.5. The van der Waals surface area contributed by atoms with E-state index in [0.717, 1.165) is 27.8 Å². The summed E-state index contributed by atoms with van der Waals surface area (Å²) < 4.78 is 0. The van der Waals surface area contributed by atoms with Gasteiger partial charge in [0.1, 0.15) is 0 Å². The topological polar surface area (TPSA) is 75.8 Å². The molecule has 35 heavy (non-hydrogen) atoms. The zero-order chi connectivity index (χ0) is 24.4. The minimum absolute atomic E-state index is 0.0351. The summed E-state index contributed by atoms with van der Waals surface area (Å²) >= 11 is 0. The van der Waals surface area contributed by atoms with E-state index >= 15 is 0 Å². The van der Waals surface area contributed by atoms with Crippen LogP contribution in [-0.4, -0.2) is 22.5 Å². The summed E-state index contributed by atoms with van der Waals surface area (Å²) in [5.74, 6) is 0.0514. The van der Waals surface area contributed by atoms with E-state index in [1.165, 1.54) is 0 Å². The standard InChI is InChI=1S/C30H25N3O2/c1-21(34)23-15-17-24(18-16-23)25-10-8-9-22(19-25)20-33-28(35)30(32-29(33)31,26-11-4-2-5-12-26)27-13-6-3-7-14-27/h2-19H,20H2,1H3,(H2,31,32). The second-order valence-electron chi connectivity index (χ2n) is 8.64. The molecule has 1 aliphatic heterocycles. The van der Waals surface area contributed by atoms with Crippen molar-refractivity contribution in [3.8, 4) is 11.1 Å². The highest BCUT2D eigenvalue weighted by Gasteiger charge is 2.50. The molecule has 2 N–H and O–H groups in total. The number of aliphatic imine (C=N–C) groups is 1. The maximum Gasteiger partial charge on any atom is 0.266 e. The molecule has 0 bridgehead atoms. The molecule has 1 heterocycles. The van der Waals surface area contributed by atoms with Gasteiger partial charge in [0.2, 0.25) is 0 Å². The van der Waals surface area contributed by atoms with Crippen LogP contribution in [0.2, 0.25) is 0 Å². The predicted octanol–water partition coefficient (Wildman–Crippen LogP) is 5.16. The van der Waals surface area contributed by atoms with Crippen LogP contribution in [0.25, 0.3) is 11.1 Å². The van der Waals surface area contributed by atoms with Crippen LogP contribution < -0.4 is 5.73 Å². The average molecular weight is 460 g/mol. The van der Waals surface area contributed by atoms with Crippen molar-refractivity contribution in [1.82, 2.24) is 4.90 Å². The van der Waals surface area contributed by atoms with Crippen LogP contribution in [0.4, 0.5) is 0 Å². The second-order valence-corrected chi connectivity index (χ2v) is 8.64. The molecule has 4 aromatic rings. The van der Waals surface area contributed by atoms with Crippen LogP contribution in [0.5, 0.6) is 0 Å². The number of carbonyl (C=O) groups excluding carboxylic acids is 2. The molecule has 0 fully saturated rings. The summed E-state index contributed by atoms with van der Waals surface area (Å²) in [5.41, 5.74) is 10.3. The lowest BCUT2D eigenvalue weighted by Crippen LogP contribution is -2.43. The van der Waals surface area contributed by atoms with Crippen molar-refractivity contribution in [3.05, 3.63) is 131 Å². The molecule has 0 aromatic heterocycles. The van der Waals surface area contributed by atoms with Crippen LogP contribution in [0.15, 0.2) is 114 Å². The average Bonchev–Trinajstić information content (AvgIpc) is 3.15. The van der Waals surface area contributed by atoms with Gasteiger partial charge in [0, 0.05) is 5.56 Å². The molecule has 0 spiro atoms. The van der Waals surface area contributed by atoms with Crippen LogP contribution in [0.3, 0.4) is 0 Å². The fourth-order valence-electron chi connectivity index (χ4n) is 4.56. The third kappa shape index (κ3) is 4.02. The van der Waals surface area contributed by atoms with Crippen molar-refractivity contribution in [2.75, 3.05) is 0 Å². The van der Waals surface area contributed by atoms with Crippen LogP contribution in [0, 0.1) is 0 Å². The lowest BCUT2D eigenvalue weighted by atomic mass is 9.83. The Balaban J connectivity index is 1.48. The fraction of sp³-hybridized carbons (Fsp3) is 0.100. The van der Waals surface area contributed by atoms with E-state index in [-0.39, 0.29) is 17.6 Å². The lowest BCUT2D eigenvalue weighted by Gasteiger charge is -2.27. The van der Waals surface area contributed by atoms with Gasteiger partial charge in [-0.1, -0.05) is 103 Å². The van der Waals surface area contributed by atoms with Crippen LogP contribution >= 0.6 is 0 Å². The van der Waals surface area contributed by atoms with Crippen LogP contribution in [-0.2, 0) is 16.9 Å². The Morgan fingerprint density at radius 1 is 0.800 bits per heavy atom. The van der Waals surface area contributed by atoms with Crippen molar-refractivity contribution in [1.29, 1.82) is 0 Å². The number of ketones is 1. The molecule has 5 nitrogen and oxygen atoms in total. The molecular weight excluding hydrogens is 434 g/mol.